The van der Waals surface area contributed by atoms with Crippen LogP contribution in [-0.4, -0.2) is 19.1 Å². The molecule has 0 amide bonds. The number of nitrogens with zero attached hydrogens (tertiary/aromatic N) is 2. The maximum atomic E-state index is 5.62. The van der Waals surface area contributed by atoms with Crippen molar-refractivity contribution in [1.29, 1.82) is 0 Å². The Hall–Kier alpha value is -1.39. The predicted octanol–water partition coefficient (Wildman–Crippen LogP) is 2.57. The van der Waals surface area contributed by atoms with Crippen molar-refractivity contribution in [3.8, 4) is 0 Å². The summed E-state index contributed by atoms with van der Waals surface area (Å²) in [5.74, 6) is 0. The molecular weight excluding hydrogens is 242 g/mol. The number of aromatic nitrogens is 1. The normalized spacial score (nSPS) is 10.7. The molecule has 0 radical (unpaired) electrons. The highest BCUT2D eigenvalue weighted by atomic mass is 32.1. The van der Waals surface area contributed by atoms with Crippen molar-refractivity contribution >= 4 is 17.0 Å². The second-order valence-electron chi connectivity index (χ2n) is 4.56. The van der Waals surface area contributed by atoms with E-state index in [4.69, 9.17) is 5.73 Å². The summed E-state index contributed by atoms with van der Waals surface area (Å²) in [5.41, 5.74) is 9.27. The van der Waals surface area contributed by atoms with Gasteiger partial charge >= 0.3 is 0 Å². The molecule has 2 aromatic rings. The van der Waals surface area contributed by atoms with Gasteiger partial charge in [0.25, 0.3) is 0 Å². The molecular formula is C14H19N3S. The Morgan fingerprint density at radius 1 is 1.22 bits per heavy atom. The molecule has 1 aromatic carbocycles. The first kappa shape index (κ1) is 13.1. The van der Waals surface area contributed by atoms with Gasteiger partial charge in [-0.3, -0.25) is 0 Å². The van der Waals surface area contributed by atoms with Crippen LogP contribution >= 0.6 is 11.3 Å². The third kappa shape index (κ3) is 2.89. The van der Waals surface area contributed by atoms with E-state index in [2.05, 4.69) is 55.2 Å². The van der Waals surface area contributed by atoms with E-state index >= 15 is 0 Å². The summed E-state index contributed by atoms with van der Waals surface area (Å²) < 4.78 is 0. The highest BCUT2D eigenvalue weighted by Gasteiger charge is 2.07. The molecule has 96 valence electrons. The monoisotopic (exact) mass is 261 g/mol. The summed E-state index contributed by atoms with van der Waals surface area (Å²) in [6, 6.07) is 8.65. The number of thiazole rings is 1. The topological polar surface area (TPSA) is 42.1 Å². The Bertz CT molecular complexity index is 514. The number of anilines is 1. The number of hydrogen-bond donors (Lipinski definition) is 1. The molecule has 2 N–H and O–H groups in total. The number of rotatable bonds is 4. The second kappa shape index (κ2) is 5.50. The van der Waals surface area contributed by atoms with Gasteiger partial charge in [-0.25, -0.2) is 4.98 Å². The molecule has 18 heavy (non-hydrogen) atoms. The number of hydrogen-bond acceptors (Lipinski definition) is 4. The molecule has 0 fully saturated rings. The van der Waals surface area contributed by atoms with Crippen LogP contribution in [0.5, 0.6) is 0 Å². The molecule has 0 aliphatic rings. The van der Waals surface area contributed by atoms with Crippen LogP contribution < -0.4 is 10.6 Å². The lowest BCUT2D eigenvalue weighted by Gasteiger charge is -2.12. The van der Waals surface area contributed by atoms with Crippen molar-refractivity contribution in [3.63, 3.8) is 0 Å². The van der Waals surface area contributed by atoms with E-state index < -0.39 is 0 Å². The van der Waals surface area contributed by atoms with Crippen molar-refractivity contribution in [2.24, 2.45) is 5.73 Å². The van der Waals surface area contributed by atoms with E-state index in [0.29, 0.717) is 6.54 Å². The van der Waals surface area contributed by atoms with Gasteiger partial charge in [0, 0.05) is 37.6 Å². The first-order chi connectivity index (χ1) is 8.60. The second-order valence-corrected chi connectivity index (χ2v) is 5.73. The molecule has 0 aliphatic heterocycles. The minimum Gasteiger partial charge on any atom is -0.378 e. The van der Waals surface area contributed by atoms with Crippen molar-refractivity contribution in [1.82, 2.24) is 4.98 Å². The number of benzene rings is 1. The van der Waals surface area contributed by atoms with E-state index in [1.807, 2.05) is 0 Å². The smallest absolute Gasteiger partial charge is 0.107 e. The Balaban J connectivity index is 2.15. The zero-order chi connectivity index (χ0) is 13.1. The first-order valence-corrected chi connectivity index (χ1v) is 6.83. The summed E-state index contributed by atoms with van der Waals surface area (Å²) in [4.78, 5) is 7.87. The fraction of sp³-hybridized carbons (Fsp3) is 0.357. The van der Waals surface area contributed by atoms with Gasteiger partial charge in [0.15, 0.2) is 0 Å². The van der Waals surface area contributed by atoms with Crippen LogP contribution in [0.4, 0.5) is 5.69 Å². The molecule has 1 heterocycles. The van der Waals surface area contributed by atoms with E-state index in [9.17, 15) is 0 Å². The molecule has 0 spiro atoms. The maximum Gasteiger partial charge on any atom is 0.107 e. The predicted molar refractivity (Wildman–Crippen MR) is 78.3 cm³/mol. The SMILES string of the molecule is Cc1nc(CN)sc1Cc1ccc(N(C)C)cc1. The molecule has 0 unspecified atom stereocenters. The zero-order valence-electron chi connectivity index (χ0n) is 11.1. The average Bonchev–Trinajstić information content (AvgIpc) is 2.71. The lowest BCUT2D eigenvalue weighted by molar-refractivity contribution is 1.01. The molecule has 1 aromatic heterocycles. The van der Waals surface area contributed by atoms with Gasteiger partial charge in [-0.05, 0) is 24.6 Å². The van der Waals surface area contributed by atoms with Gasteiger partial charge in [-0.1, -0.05) is 12.1 Å². The Kier molecular flexibility index (Phi) is 3.99. The third-order valence-electron chi connectivity index (χ3n) is 2.93. The lowest BCUT2D eigenvalue weighted by Crippen LogP contribution is -2.08. The van der Waals surface area contributed by atoms with Gasteiger partial charge in [0.2, 0.25) is 0 Å². The van der Waals surface area contributed by atoms with E-state index in [1.54, 1.807) is 11.3 Å². The molecule has 0 bridgehead atoms. The zero-order valence-corrected chi connectivity index (χ0v) is 11.9. The van der Waals surface area contributed by atoms with Gasteiger partial charge in [0.1, 0.15) is 5.01 Å². The Morgan fingerprint density at radius 2 is 1.89 bits per heavy atom. The average molecular weight is 261 g/mol. The lowest BCUT2D eigenvalue weighted by atomic mass is 10.1. The standard InChI is InChI=1S/C14H19N3S/c1-10-13(18-14(9-15)16-10)8-11-4-6-12(7-5-11)17(2)3/h4-7H,8-9,15H2,1-3H3. The summed E-state index contributed by atoms with van der Waals surface area (Å²) >= 11 is 1.72. The fourth-order valence-corrected chi connectivity index (χ4v) is 2.82. The van der Waals surface area contributed by atoms with Crippen LogP contribution in [0.25, 0.3) is 0 Å². The molecule has 0 aliphatic carbocycles. The quantitative estimate of drug-likeness (QED) is 0.919. The van der Waals surface area contributed by atoms with Gasteiger partial charge in [-0.15, -0.1) is 11.3 Å². The van der Waals surface area contributed by atoms with Crippen LogP contribution in [0.15, 0.2) is 24.3 Å². The van der Waals surface area contributed by atoms with Crippen LogP contribution in [0.1, 0.15) is 21.1 Å². The van der Waals surface area contributed by atoms with Crippen LogP contribution in [0, 0.1) is 6.92 Å². The molecule has 0 atom stereocenters. The molecule has 3 nitrogen and oxygen atoms in total. The van der Waals surface area contributed by atoms with Crippen molar-refractivity contribution in [2.75, 3.05) is 19.0 Å². The number of nitrogens with two attached hydrogens (primary N) is 1. The summed E-state index contributed by atoms with van der Waals surface area (Å²) in [5, 5.41) is 1.02. The summed E-state index contributed by atoms with van der Waals surface area (Å²) in [6.07, 6.45) is 0.942. The van der Waals surface area contributed by atoms with E-state index in [1.165, 1.54) is 16.1 Å². The minimum absolute atomic E-state index is 0.533. The minimum atomic E-state index is 0.533. The molecule has 4 heteroatoms. The first-order valence-electron chi connectivity index (χ1n) is 6.01. The van der Waals surface area contributed by atoms with Crippen molar-refractivity contribution in [3.05, 3.63) is 45.4 Å². The van der Waals surface area contributed by atoms with Crippen LogP contribution in [-0.2, 0) is 13.0 Å². The van der Waals surface area contributed by atoms with Gasteiger partial charge in [0.05, 0.1) is 5.69 Å². The number of aryl methyl sites for hydroxylation is 1. The van der Waals surface area contributed by atoms with E-state index in [0.717, 1.165) is 17.1 Å². The van der Waals surface area contributed by atoms with Crippen molar-refractivity contribution in [2.45, 2.75) is 19.9 Å². The molecule has 2 rings (SSSR count). The Morgan fingerprint density at radius 3 is 2.39 bits per heavy atom. The van der Waals surface area contributed by atoms with Gasteiger partial charge in [-0.2, -0.15) is 0 Å². The van der Waals surface area contributed by atoms with Crippen molar-refractivity contribution < 1.29 is 0 Å². The highest BCUT2D eigenvalue weighted by Crippen LogP contribution is 2.22. The van der Waals surface area contributed by atoms with Gasteiger partial charge < -0.3 is 10.6 Å². The van der Waals surface area contributed by atoms with Crippen LogP contribution in [0.3, 0.4) is 0 Å². The Labute approximate surface area is 112 Å². The van der Waals surface area contributed by atoms with Crippen LogP contribution in [0.2, 0.25) is 0 Å². The summed E-state index contributed by atoms with van der Waals surface area (Å²) in [7, 11) is 4.10. The third-order valence-corrected chi connectivity index (χ3v) is 4.11. The highest BCUT2D eigenvalue weighted by molar-refractivity contribution is 7.11. The molecule has 0 saturated heterocycles. The molecule has 0 saturated carbocycles. The fourth-order valence-electron chi connectivity index (χ4n) is 1.84. The maximum absolute atomic E-state index is 5.62. The van der Waals surface area contributed by atoms with E-state index in [-0.39, 0.29) is 0 Å². The summed E-state index contributed by atoms with van der Waals surface area (Å²) in [6.45, 7) is 2.59. The largest absolute Gasteiger partial charge is 0.378 e.